The van der Waals surface area contributed by atoms with Gasteiger partial charge in [0.25, 0.3) is 10.0 Å². The fraction of sp³-hybridized carbons (Fsp3) is 0.133. The molecule has 2 aromatic rings. The van der Waals surface area contributed by atoms with Crippen molar-refractivity contribution in [1.82, 2.24) is 0 Å². The summed E-state index contributed by atoms with van der Waals surface area (Å²) in [6.45, 7) is 1.65. The van der Waals surface area contributed by atoms with Gasteiger partial charge in [-0.2, -0.15) is 4.31 Å². The van der Waals surface area contributed by atoms with Crippen LogP contribution in [0.2, 0.25) is 0 Å². The number of methoxy groups -OCH3 is 1. The lowest BCUT2D eigenvalue weighted by molar-refractivity contribution is 0.256. The molecule has 2 amide bonds. The topological polar surface area (TPSA) is 89.7 Å². The van der Waals surface area contributed by atoms with Crippen LogP contribution in [0.3, 0.4) is 0 Å². The summed E-state index contributed by atoms with van der Waals surface area (Å²) >= 11 is 0. The number of urea groups is 1. The Labute approximate surface area is 129 Å². The Kier molecular flexibility index (Phi) is 4.37. The Hall–Kier alpha value is -2.54. The van der Waals surface area contributed by atoms with Gasteiger partial charge < -0.3 is 10.5 Å². The molecule has 0 unspecified atom stereocenters. The molecule has 6 nitrogen and oxygen atoms in total. The quantitative estimate of drug-likeness (QED) is 0.935. The van der Waals surface area contributed by atoms with Crippen LogP contribution in [0.1, 0.15) is 5.56 Å². The minimum atomic E-state index is -4.14. The van der Waals surface area contributed by atoms with Crippen molar-refractivity contribution in [2.45, 2.75) is 11.8 Å². The molecule has 0 fully saturated rings. The number of nitrogens with zero attached hydrogens (tertiary/aromatic N) is 1. The number of rotatable bonds is 4. The molecule has 22 heavy (non-hydrogen) atoms. The average molecular weight is 320 g/mol. The standard InChI is InChI=1S/C15H16N2O4S/c1-11-7-3-6-10-14(11)22(19,20)17(15(16)18)12-8-4-5-9-13(12)21-2/h3-10H,1-2H3,(H2,16,18). The zero-order chi connectivity index (χ0) is 16.3. The lowest BCUT2D eigenvalue weighted by Crippen LogP contribution is -2.41. The van der Waals surface area contributed by atoms with Gasteiger partial charge in [0.1, 0.15) is 11.4 Å². The molecular weight excluding hydrogens is 304 g/mol. The fourth-order valence-corrected chi connectivity index (χ4v) is 3.68. The van der Waals surface area contributed by atoms with E-state index in [-0.39, 0.29) is 16.3 Å². The Bertz CT molecular complexity index is 803. The Morgan fingerprint density at radius 2 is 1.68 bits per heavy atom. The molecule has 0 saturated heterocycles. The summed E-state index contributed by atoms with van der Waals surface area (Å²) < 4.78 is 31.3. The molecule has 0 radical (unpaired) electrons. The molecule has 0 aliphatic rings. The maximum atomic E-state index is 12.8. The van der Waals surface area contributed by atoms with Gasteiger partial charge in [-0.3, -0.25) is 0 Å². The van der Waals surface area contributed by atoms with Gasteiger partial charge >= 0.3 is 6.03 Å². The number of hydrogen-bond donors (Lipinski definition) is 1. The van der Waals surface area contributed by atoms with Crippen LogP contribution in [0.15, 0.2) is 53.4 Å². The Morgan fingerprint density at radius 3 is 2.27 bits per heavy atom. The third kappa shape index (κ3) is 2.75. The summed E-state index contributed by atoms with van der Waals surface area (Å²) in [7, 11) is -2.75. The Morgan fingerprint density at radius 1 is 1.09 bits per heavy atom. The summed E-state index contributed by atoms with van der Waals surface area (Å²) in [5.74, 6) is 0.235. The average Bonchev–Trinajstić information content (AvgIpc) is 2.47. The lowest BCUT2D eigenvalue weighted by Gasteiger charge is -2.23. The van der Waals surface area contributed by atoms with Gasteiger partial charge in [0.2, 0.25) is 0 Å². The second-order valence-electron chi connectivity index (χ2n) is 4.55. The highest BCUT2D eigenvalue weighted by Crippen LogP contribution is 2.32. The van der Waals surface area contributed by atoms with Gasteiger partial charge in [0.05, 0.1) is 12.0 Å². The van der Waals surface area contributed by atoms with Crippen molar-refractivity contribution < 1.29 is 17.9 Å². The molecule has 0 aliphatic carbocycles. The smallest absolute Gasteiger partial charge is 0.333 e. The van der Waals surface area contributed by atoms with Crippen molar-refractivity contribution in [3.8, 4) is 5.75 Å². The van der Waals surface area contributed by atoms with E-state index < -0.39 is 16.1 Å². The van der Waals surface area contributed by atoms with Crippen LogP contribution in [-0.2, 0) is 10.0 Å². The Balaban J connectivity index is 2.68. The highest BCUT2D eigenvalue weighted by Gasteiger charge is 2.32. The fourth-order valence-electron chi connectivity index (χ4n) is 2.11. The maximum Gasteiger partial charge on any atom is 0.333 e. The van der Waals surface area contributed by atoms with Crippen molar-refractivity contribution >= 4 is 21.7 Å². The maximum absolute atomic E-state index is 12.8. The van der Waals surface area contributed by atoms with Crippen LogP contribution >= 0.6 is 0 Å². The third-order valence-electron chi connectivity index (χ3n) is 3.12. The molecular formula is C15H16N2O4S. The van der Waals surface area contributed by atoms with E-state index in [0.29, 0.717) is 9.87 Å². The minimum Gasteiger partial charge on any atom is -0.495 e. The van der Waals surface area contributed by atoms with Crippen LogP contribution in [-0.4, -0.2) is 21.6 Å². The van der Waals surface area contributed by atoms with Crippen molar-refractivity contribution in [2.75, 3.05) is 11.4 Å². The number of carbonyl (C=O) groups excluding carboxylic acids is 1. The van der Waals surface area contributed by atoms with E-state index >= 15 is 0 Å². The van der Waals surface area contributed by atoms with Crippen LogP contribution < -0.4 is 14.8 Å². The molecule has 2 aromatic carbocycles. The monoisotopic (exact) mass is 320 g/mol. The lowest BCUT2D eigenvalue weighted by atomic mass is 10.2. The number of amides is 2. The van der Waals surface area contributed by atoms with Gasteiger partial charge in [0.15, 0.2) is 0 Å². The van der Waals surface area contributed by atoms with Gasteiger partial charge in [0, 0.05) is 0 Å². The first-order valence-electron chi connectivity index (χ1n) is 6.43. The number of aryl methyl sites for hydroxylation is 1. The van der Waals surface area contributed by atoms with Crippen molar-refractivity contribution in [2.24, 2.45) is 5.73 Å². The highest BCUT2D eigenvalue weighted by atomic mass is 32.2. The second-order valence-corrected chi connectivity index (χ2v) is 6.30. The predicted molar refractivity (Wildman–Crippen MR) is 83.4 cm³/mol. The number of benzene rings is 2. The van der Waals surface area contributed by atoms with Crippen molar-refractivity contribution in [3.05, 3.63) is 54.1 Å². The van der Waals surface area contributed by atoms with Crippen LogP contribution in [0, 0.1) is 6.92 Å². The zero-order valence-corrected chi connectivity index (χ0v) is 13.0. The van der Waals surface area contributed by atoms with Crippen LogP contribution in [0.25, 0.3) is 0 Å². The van der Waals surface area contributed by atoms with Crippen molar-refractivity contribution in [1.29, 1.82) is 0 Å². The van der Waals surface area contributed by atoms with Crippen LogP contribution in [0.5, 0.6) is 5.75 Å². The molecule has 0 heterocycles. The third-order valence-corrected chi connectivity index (χ3v) is 4.99. The number of sulfonamides is 1. The van der Waals surface area contributed by atoms with E-state index in [4.69, 9.17) is 10.5 Å². The van der Waals surface area contributed by atoms with Crippen molar-refractivity contribution in [3.63, 3.8) is 0 Å². The first-order chi connectivity index (χ1) is 10.4. The largest absolute Gasteiger partial charge is 0.495 e. The van der Waals surface area contributed by atoms with E-state index in [1.807, 2.05) is 0 Å². The molecule has 0 aliphatic heterocycles. The molecule has 2 rings (SSSR count). The van der Waals surface area contributed by atoms with Crippen LogP contribution in [0.4, 0.5) is 10.5 Å². The highest BCUT2D eigenvalue weighted by molar-refractivity contribution is 7.93. The number of ether oxygens (including phenoxy) is 1. The predicted octanol–water partition coefficient (Wildman–Crippen LogP) is 2.28. The molecule has 0 atom stereocenters. The molecule has 7 heteroatoms. The van der Waals surface area contributed by atoms with E-state index in [2.05, 4.69) is 0 Å². The second kappa shape index (κ2) is 6.07. The zero-order valence-electron chi connectivity index (χ0n) is 12.2. The van der Waals surface area contributed by atoms with E-state index in [0.717, 1.165) is 0 Å². The number of anilines is 1. The summed E-state index contributed by atoms with van der Waals surface area (Å²) in [4.78, 5) is 11.8. The van der Waals surface area contributed by atoms with Gasteiger partial charge in [-0.05, 0) is 30.7 Å². The molecule has 2 N–H and O–H groups in total. The number of hydrogen-bond acceptors (Lipinski definition) is 4. The summed E-state index contributed by atoms with van der Waals surface area (Å²) in [5, 5.41) is 0. The number of primary amides is 1. The normalized spacial score (nSPS) is 11.0. The minimum absolute atomic E-state index is 0.0136. The summed E-state index contributed by atoms with van der Waals surface area (Å²) in [6, 6.07) is 11.5. The summed E-state index contributed by atoms with van der Waals surface area (Å²) in [6.07, 6.45) is 0. The molecule has 116 valence electrons. The first kappa shape index (κ1) is 15.8. The van der Waals surface area contributed by atoms with E-state index in [9.17, 15) is 13.2 Å². The van der Waals surface area contributed by atoms with Gasteiger partial charge in [-0.25, -0.2) is 13.2 Å². The van der Waals surface area contributed by atoms with E-state index in [1.54, 1.807) is 43.3 Å². The van der Waals surface area contributed by atoms with E-state index in [1.165, 1.54) is 19.2 Å². The molecule has 0 saturated carbocycles. The van der Waals surface area contributed by atoms with Gasteiger partial charge in [-0.15, -0.1) is 0 Å². The SMILES string of the molecule is COc1ccccc1N(C(N)=O)S(=O)(=O)c1ccccc1C. The van der Waals surface area contributed by atoms with Gasteiger partial charge in [-0.1, -0.05) is 30.3 Å². The number of nitrogens with two attached hydrogens (primary N) is 1. The number of para-hydroxylation sites is 2. The molecule has 0 aromatic heterocycles. The molecule has 0 spiro atoms. The summed E-state index contributed by atoms with van der Waals surface area (Å²) in [5.41, 5.74) is 5.91. The molecule has 0 bridgehead atoms. The first-order valence-corrected chi connectivity index (χ1v) is 7.87. The number of carbonyl (C=O) groups is 1.